The zero-order valence-corrected chi connectivity index (χ0v) is 15.0. The number of carbonyl (C=O) groups is 2. The first kappa shape index (κ1) is 17.9. The molecule has 1 aromatic heterocycles. The van der Waals surface area contributed by atoms with Crippen molar-refractivity contribution in [1.29, 1.82) is 0 Å². The number of nitrogens with one attached hydrogen (secondary N) is 1. The van der Waals surface area contributed by atoms with Gasteiger partial charge in [0.05, 0.1) is 17.9 Å². The van der Waals surface area contributed by atoms with Crippen LogP contribution in [0.2, 0.25) is 0 Å². The Morgan fingerprint density at radius 1 is 1.36 bits per heavy atom. The van der Waals surface area contributed by atoms with Gasteiger partial charge in [-0.05, 0) is 39.0 Å². The molecule has 0 bridgehead atoms. The molecule has 0 radical (unpaired) electrons. The van der Waals surface area contributed by atoms with Gasteiger partial charge in [0, 0.05) is 39.4 Å². The number of fused-ring (bicyclic) bond motifs is 1. The predicted molar refractivity (Wildman–Crippen MR) is 93.3 cm³/mol. The zero-order chi connectivity index (χ0) is 17.6. The summed E-state index contributed by atoms with van der Waals surface area (Å²) >= 11 is 0. The summed E-state index contributed by atoms with van der Waals surface area (Å²) < 4.78 is 7.25. The Kier molecular flexibility index (Phi) is 6.07. The number of ether oxygens (including phenoxy) is 1. The second kappa shape index (κ2) is 8.47. The second-order valence-electron chi connectivity index (χ2n) is 6.77. The van der Waals surface area contributed by atoms with Crippen molar-refractivity contribution in [2.24, 2.45) is 5.92 Å². The summed E-state index contributed by atoms with van der Waals surface area (Å²) in [5.74, 6) is 0.148. The van der Waals surface area contributed by atoms with Crippen LogP contribution in [0.25, 0.3) is 0 Å². The number of aromatic nitrogens is 2. The Bertz CT molecular complexity index is 607. The van der Waals surface area contributed by atoms with Crippen molar-refractivity contribution in [1.82, 2.24) is 19.8 Å². The minimum absolute atomic E-state index is 0.0157. The summed E-state index contributed by atoms with van der Waals surface area (Å²) in [4.78, 5) is 31.2. The molecule has 138 valence electrons. The highest BCUT2D eigenvalue weighted by Crippen LogP contribution is 2.25. The largest absolute Gasteiger partial charge is 0.382 e. The molecule has 1 fully saturated rings. The predicted octanol–water partition coefficient (Wildman–Crippen LogP) is 1.22. The van der Waals surface area contributed by atoms with Gasteiger partial charge in [-0.15, -0.1) is 0 Å². The standard InChI is InChI=1S/C18H28N4O3/c1-2-25-11-5-8-19-17(23)16-15-7-6-14(12-22(15)13-20-16)18(24)21-9-3-4-10-21/h13-14H,2-12H2,1H3,(H,19,23). The normalized spacial score (nSPS) is 19.7. The quantitative estimate of drug-likeness (QED) is 0.752. The molecule has 1 saturated heterocycles. The number of hydrogen-bond donors (Lipinski definition) is 1. The van der Waals surface area contributed by atoms with Crippen LogP contribution in [-0.2, 0) is 22.5 Å². The van der Waals surface area contributed by atoms with Gasteiger partial charge in [0.15, 0.2) is 0 Å². The van der Waals surface area contributed by atoms with Crippen molar-refractivity contribution < 1.29 is 14.3 Å². The molecular formula is C18H28N4O3. The maximum atomic E-state index is 12.6. The summed E-state index contributed by atoms with van der Waals surface area (Å²) in [5.41, 5.74) is 1.45. The Morgan fingerprint density at radius 2 is 2.16 bits per heavy atom. The molecule has 2 aliphatic rings. The highest BCUT2D eigenvalue weighted by molar-refractivity contribution is 5.93. The van der Waals surface area contributed by atoms with Crippen molar-refractivity contribution in [3.8, 4) is 0 Å². The minimum atomic E-state index is -0.130. The fourth-order valence-electron chi connectivity index (χ4n) is 3.66. The summed E-state index contributed by atoms with van der Waals surface area (Å²) in [6.45, 7) is 6.30. The van der Waals surface area contributed by atoms with E-state index in [-0.39, 0.29) is 17.7 Å². The van der Waals surface area contributed by atoms with Gasteiger partial charge in [-0.3, -0.25) is 9.59 Å². The number of carbonyl (C=O) groups excluding carboxylic acids is 2. The van der Waals surface area contributed by atoms with E-state index in [0.29, 0.717) is 32.0 Å². The molecule has 7 heteroatoms. The van der Waals surface area contributed by atoms with Gasteiger partial charge in [0.2, 0.25) is 5.91 Å². The third kappa shape index (κ3) is 4.21. The van der Waals surface area contributed by atoms with Gasteiger partial charge in [-0.1, -0.05) is 0 Å². The molecular weight excluding hydrogens is 320 g/mol. The summed E-state index contributed by atoms with van der Waals surface area (Å²) in [6, 6.07) is 0. The molecule has 2 aliphatic heterocycles. The highest BCUT2D eigenvalue weighted by Gasteiger charge is 2.31. The van der Waals surface area contributed by atoms with Gasteiger partial charge >= 0.3 is 0 Å². The lowest BCUT2D eigenvalue weighted by atomic mass is 9.95. The third-order valence-corrected chi connectivity index (χ3v) is 5.03. The lowest BCUT2D eigenvalue weighted by Crippen LogP contribution is -2.38. The summed E-state index contributed by atoms with van der Waals surface area (Å²) in [7, 11) is 0. The van der Waals surface area contributed by atoms with E-state index in [0.717, 1.165) is 50.9 Å². The Balaban J connectivity index is 1.55. The van der Waals surface area contributed by atoms with Crippen LogP contribution in [0, 0.1) is 5.92 Å². The molecule has 1 aromatic rings. The number of rotatable bonds is 7. The maximum absolute atomic E-state index is 12.6. The van der Waals surface area contributed by atoms with Gasteiger partial charge in [0.25, 0.3) is 5.91 Å². The summed E-state index contributed by atoms with van der Waals surface area (Å²) in [6.07, 6.45) is 6.25. The van der Waals surface area contributed by atoms with E-state index in [9.17, 15) is 9.59 Å². The summed E-state index contributed by atoms with van der Waals surface area (Å²) in [5, 5.41) is 2.90. The molecule has 1 atom stereocenters. The van der Waals surface area contributed by atoms with E-state index in [1.54, 1.807) is 6.33 Å². The Labute approximate surface area is 148 Å². The third-order valence-electron chi connectivity index (χ3n) is 5.03. The van der Waals surface area contributed by atoms with Crippen LogP contribution in [0.15, 0.2) is 6.33 Å². The Morgan fingerprint density at radius 3 is 2.92 bits per heavy atom. The van der Waals surface area contributed by atoms with E-state index >= 15 is 0 Å². The molecule has 1 N–H and O–H groups in total. The first-order valence-corrected chi connectivity index (χ1v) is 9.39. The van der Waals surface area contributed by atoms with Gasteiger partial charge in [0.1, 0.15) is 5.69 Å². The van der Waals surface area contributed by atoms with Crippen molar-refractivity contribution in [2.45, 2.75) is 45.6 Å². The van der Waals surface area contributed by atoms with Crippen LogP contribution in [0.1, 0.15) is 48.8 Å². The molecule has 0 aliphatic carbocycles. The topological polar surface area (TPSA) is 76.5 Å². The minimum Gasteiger partial charge on any atom is -0.382 e. The Hall–Kier alpha value is -1.89. The van der Waals surface area contributed by atoms with Gasteiger partial charge in [-0.2, -0.15) is 0 Å². The van der Waals surface area contributed by atoms with Crippen LogP contribution in [-0.4, -0.2) is 59.1 Å². The van der Waals surface area contributed by atoms with Gasteiger partial charge in [-0.25, -0.2) is 4.98 Å². The van der Waals surface area contributed by atoms with Crippen LogP contribution < -0.4 is 5.32 Å². The monoisotopic (exact) mass is 348 g/mol. The van der Waals surface area contributed by atoms with Crippen LogP contribution in [0.4, 0.5) is 0 Å². The average Bonchev–Trinajstić information content (AvgIpc) is 3.30. The van der Waals surface area contributed by atoms with E-state index in [1.165, 1.54) is 0 Å². The number of hydrogen-bond acceptors (Lipinski definition) is 4. The fourth-order valence-corrected chi connectivity index (χ4v) is 3.66. The maximum Gasteiger partial charge on any atom is 0.271 e. The van der Waals surface area contributed by atoms with Crippen molar-refractivity contribution in [3.05, 3.63) is 17.7 Å². The van der Waals surface area contributed by atoms with Crippen LogP contribution in [0.5, 0.6) is 0 Å². The highest BCUT2D eigenvalue weighted by atomic mass is 16.5. The molecule has 2 amide bonds. The van der Waals surface area contributed by atoms with Crippen molar-refractivity contribution in [2.75, 3.05) is 32.8 Å². The van der Waals surface area contributed by atoms with Gasteiger partial charge < -0.3 is 19.5 Å². The number of amides is 2. The number of likely N-dealkylation sites (tertiary alicyclic amines) is 1. The molecule has 3 rings (SSSR count). The second-order valence-corrected chi connectivity index (χ2v) is 6.77. The van der Waals surface area contributed by atoms with E-state index in [2.05, 4.69) is 10.3 Å². The smallest absolute Gasteiger partial charge is 0.271 e. The van der Waals surface area contributed by atoms with Crippen LogP contribution in [0.3, 0.4) is 0 Å². The first-order valence-electron chi connectivity index (χ1n) is 9.39. The van der Waals surface area contributed by atoms with Crippen molar-refractivity contribution >= 4 is 11.8 Å². The fraction of sp³-hybridized carbons (Fsp3) is 0.722. The lowest BCUT2D eigenvalue weighted by molar-refractivity contribution is -0.135. The lowest BCUT2D eigenvalue weighted by Gasteiger charge is -2.27. The molecule has 25 heavy (non-hydrogen) atoms. The molecule has 0 spiro atoms. The molecule has 0 saturated carbocycles. The number of nitrogens with zero attached hydrogens (tertiary/aromatic N) is 3. The van der Waals surface area contributed by atoms with Crippen LogP contribution >= 0.6 is 0 Å². The van der Waals surface area contributed by atoms with Crippen molar-refractivity contribution in [3.63, 3.8) is 0 Å². The SMILES string of the molecule is CCOCCCNC(=O)c1ncn2c1CCC(C(=O)N1CCCC1)C2. The zero-order valence-electron chi connectivity index (χ0n) is 15.0. The van der Waals surface area contributed by atoms with E-state index in [1.807, 2.05) is 16.4 Å². The average molecular weight is 348 g/mol. The molecule has 3 heterocycles. The number of imidazole rings is 1. The first-order chi connectivity index (χ1) is 12.2. The molecule has 7 nitrogen and oxygen atoms in total. The van der Waals surface area contributed by atoms with E-state index in [4.69, 9.17) is 4.74 Å². The molecule has 1 unspecified atom stereocenters. The van der Waals surface area contributed by atoms with E-state index < -0.39 is 0 Å². The molecule has 0 aromatic carbocycles.